The summed E-state index contributed by atoms with van der Waals surface area (Å²) in [6.07, 6.45) is 6.32. The van der Waals surface area contributed by atoms with Gasteiger partial charge in [-0.25, -0.2) is 0 Å². The van der Waals surface area contributed by atoms with Crippen molar-refractivity contribution < 1.29 is 0 Å². The predicted molar refractivity (Wildman–Crippen MR) is 84.2 cm³/mol. The molecule has 20 heavy (non-hydrogen) atoms. The Kier molecular flexibility index (Phi) is 4.13. The molecule has 106 valence electrons. The average Bonchev–Trinajstić information content (AvgIpc) is 3.04. The van der Waals surface area contributed by atoms with E-state index >= 15 is 0 Å². The summed E-state index contributed by atoms with van der Waals surface area (Å²) in [7, 11) is 1.98. The fraction of sp³-hybridized carbons (Fsp3) is 0.438. The molecule has 0 saturated heterocycles. The molecule has 2 aromatic rings. The molecule has 3 nitrogen and oxygen atoms in total. The van der Waals surface area contributed by atoms with Gasteiger partial charge in [0.2, 0.25) is 0 Å². The lowest BCUT2D eigenvalue weighted by Gasteiger charge is -2.23. The first-order chi connectivity index (χ1) is 9.76. The lowest BCUT2D eigenvalue weighted by Crippen LogP contribution is -2.39. The molecule has 1 aromatic carbocycles. The average molecular weight is 287 g/mol. The van der Waals surface area contributed by atoms with Crippen molar-refractivity contribution in [1.82, 2.24) is 15.1 Å². The third-order valence-electron chi connectivity index (χ3n) is 3.80. The van der Waals surface area contributed by atoms with Crippen molar-refractivity contribution in [3.8, 4) is 0 Å². The minimum absolute atomic E-state index is 0.501. The molecule has 0 spiro atoms. The largest absolute Gasteiger partial charge is 0.313 e. The molecular weight excluding hydrogens is 266 g/mol. The van der Waals surface area contributed by atoms with E-state index in [4.69, 9.17) is 0 Å². The minimum Gasteiger partial charge on any atom is -0.313 e. The fourth-order valence-corrected chi connectivity index (χ4v) is 4.27. The number of aryl methyl sites for hydroxylation is 1. The van der Waals surface area contributed by atoms with Gasteiger partial charge in [0.05, 0.1) is 6.20 Å². The zero-order valence-corrected chi connectivity index (χ0v) is 12.9. The van der Waals surface area contributed by atoms with Gasteiger partial charge in [-0.05, 0) is 36.6 Å². The molecule has 1 aliphatic heterocycles. The maximum absolute atomic E-state index is 4.28. The zero-order chi connectivity index (χ0) is 13.9. The first-order valence-electron chi connectivity index (χ1n) is 7.21. The van der Waals surface area contributed by atoms with Crippen LogP contribution in [0.5, 0.6) is 0 Å². The number of hydrogen-bond donors (Lipinski definition) is 1. The van der Waals surface area contributed by atoms with Crippen LogP contribution in [0.25, 0.3) is 0 Å². The molecule has 2 heterocycles. The van der Waals surface area contributed by atoms with Crippen LogP contribution in [-0.4, -0.2) is 27.6 Å². The van der Waals surface area contributed by atoms with Gasteiger partial charge in [0.15, 0.2) is 0 Å². The van der Waals surface area contributed by atoms with E-state index in [1.165, 1.54) is 22.4 Å². The highest BCUT2D eigenvalue weighted by Gasteiger charge is 2.29. The third-order valence-corrected chi connectivity index (χ3v) is 5.25. The van der Waals surface area contributed by atoms with Crippen molar-refractivity contribution in [1.29, 1.82) is 0 Å². The first kappa shape index (κ1) is 13.7. The molecule has 2 atom stereocenters. The molecular formula is C16H21N3S. The molecule has 0 saturated carbocycles. The number of likely N-dealkylation sites (N-methyl/N-ethyl adjacent to an activating group) is 1. The van der Waals surface area contributed by atoms with E-state index in [9.17, 15) is 0 Å². The summed E-state index contributed by atoms with van der Waals surface area (Å²) in [6.45, 7) is 3.20. The number of aromatic nitrogens is 2. The Labute approximate surface area is 124 Å². The van der Waals surface area contributed by atoms with Crippen LogP contribution in [-0.2, 0) is 19.9 Å². The lowest BCUT2D eigenvalue weighted by molar-refractivity contribution is 0.506. The molecule has 0 radical (unpaired) electrons. The lowest BCUT2D eigenvalue weighted by atomic mass is 10.0. The van der Waals surface area contributed by atoms with Crippen LogP contribution in [0.15, 0.2) is 41.6 Å². The Morgan fingerprint density at radius 2 is 2.30 bits per heavy atom. The van der Waals surface area contributed by atoms with Crippen molar-refractivity contribution in [2.75, 3.05) is 6.54 Å². The van der Waals surface area contributed by atoms with Crippen LogP contribution in [0.3, 0.4) is 0 Å². The topological polar surface area (TPSA) is 29.9 Å². The highest BCUT2D eigenvalue weighted by atomic mass is 32.2. The second-order valence-electron chi connectivity index (χ2n) is 5.36. The van der Waals surface area contributed by atoms with Gasteiger partial charge < -0.3 is 5.32 Å². The maximum Gasteiger partial charge on any atom is 0.0522 e. The van der Waals surface area contributed by atoms with E-state index in [0.717, 1.165) is 13.0 Å². The number of thioether (sulfide) groups is 1. The van der Waals surface area contributed by atoms with Gasteiger partial charge in [-0.1, -0.05) is 25.1 Å². The van der Waals surface area contributed by atoms with E-state index in [2.05, 4.69) is 47.8 Å². The molecule has 3 rings (SSSR count). The van der Waals surface area contributed by atoms with Crippen molar-refractivity contribution >= 4 is 11.8 Å². The van der Waals surface area contributed by atoms with Gasteiger partial charge in [0.1, 0.15) is 0 Å². The molecule has 4 heteroatoms. The summed E-state index contributed by atoms with van der Waals surface area (Å²) in [5.41, 5.74) is 2.81. The number of nitrogens with zero attached hydrogens (tertiary/aromatic N) is 2. The summed E-state index contributed by atoms with van der Waals surface area (Å²) in [6, 6.07) is 9.28. The third kappa shape index (κ3) is 2.91. The Balaban J connectivity index is 1.72. The van der Waals surface area contributed by atoms with E-state index in [1.807, 2.05) is 29.7 Å². The monoisotopic (exact) mass is 287 g/mol. The van der Waals surface area contributed by atoms with Crippen LogP contribution >= 0.6 is 11.8 Å². The molecule has 0 amide bonds. The minimum atomic E-state index is 0.501. The molecule has 1 aliphatic rings. The normalized spacial score (nSPS) is 19.0. The van der Waals surface area contributed by atoms with Gasteiger partial charge in [-0.2, -0.15) is 5.10 Å². The zero-order valence-electron chi connectivity index (χ0n) is 12.0. The van der Waals surface area contributed by atoms with Crippen molar-refractivity contribution in [2.24, 2.45) is 7.05 Å². The molecule has 0 bridgehead atoms. The number of fused-ring (bicyclic) bond motifs is 1. The summed E-state index contributed by atoms with van der Waals surface area (Å²) < 4.78 is 1.88. The second-order valence-corrected chi connectivity index (χ2v) is 6.64. The Bertz CT molecular complexity index is 554. The smallest absolute Gasteiger partial charge is 0.0522 e. The first-order valence-corrected chi connectivity index (χ1v) is 8.09. The van der Waals surface area contributed by atoms with Crippen LogP contribution < -0.4 is 5.32 Å². The van der Waals surface area contributed by atoms with Crippen molar-refractivity contribution in [3.63, 3.8) is 0 Å². The number of rotatable bonds is 5. The van der Waals surface area contributed by atoms with Crippen LogP contribution in [0.4, 0.5) is 0 Å². The highest BCUT2D eigenvalue weighted by molar-refractivity contribution is 8.00. The van der Waals surface area contributed by atoms with E-state index in [-0.39, 0.29) is 0 Å². The molecule has 2 unspecified atom stereocenters. The van der Waals surface area contributed by atoms with E-state index in [0.29, 0.717) is 11.3 Å². The van der Waals surface area contributed by atoms with Crippen molar-refractivity contribution in [3.05, 3.63) is 47.8 Å². The summed E-state index contributed by atoms with van der Waals surface area (Å²) in [4.78, 5) is 1.45. The Morgan fingerprint density at radius 1 is 1.45 bits per heavy atom. The second kappa shape index (κ2) is 6.02. The summed E-state index contributed by atoms with van der Waals surface area (Å²) in [5, 5.41) is 8.56. The standard InChI is InChI=1S/C16H21N3S/c1-3-17-14(8-12-10-18-19(2)11-12)16-9-13-6-4-5-7-15(13)20-16/h4-7,10-11,14,16-17H,3,8-9H2,1-2H3. The molecule has 0 aliphatic carbocycles. The quantitative estimate of drug-likeness (QED) is 0.917. The van der Waals surface area contributed by atoms with Gasteiger partial charge in [-0.15, -0.1) is 11.8 Å². The SMILES string of the molecule is CCNC(Cc1cnn(C)c1)C1Cc2ccccc2S1. The fourth-order valence-electron chi connectivity index (χ4n) is 2.86. The number of benzene rings is 1. The Hall–Kier alpha value is -1.26. The summed E-state index contributed by atoms with van der Waals surface area (Å²) >= 11 is 2.02. The van der Waals surface area contributed by atoms with Gasteiger partial charge in [0.25, 0.3) is 0 Å². The van der Waals surface area contributed by atoms with Gasteiger partial charge >= 0.3 is 0 Å². The van der Waals surface area contributed by atoms with Crippen molar-refractivity contribution in [2.45, 2.75) is 36.0 Å². The molecule has 1 N–H and O–H groups in total. The van der Waals surface area contributed by atoms with E-state index < -0.39 is 0 Å². The number of nitrogens with one attached hydrogen (secondary N) is 1. The van der Waals surface area contributed by atoms with Crippen LogP contribution in [0.2, 0.25) is 0 Å². The summed E-state index contributed by atoms with van der Waals surface area (Å²) in [5.74, 6) is 0. The molecule has 1 aromatic heterocycles. The number of hydrogen-bond acceptors (Lipinski definition) is 3. The Morgan fingerprint density at radius 3 is 3.00 bits per heavy atom. The molecule has 0 fully saturated rings. The van der Waals surface area contributed by atoms with Crippen LogP contribution in [0.1, 0.15) is 18.1 Å². The van der Waals surface area contributed by atoms with Gasteiger partial charge in [0, 0.05) is 29.4 Å². The maximum atomic E-state index is 4.28. The highest BCUT2D eigenvalue weighted by Crippen LogP contribution is 2.38. The predicted octanol–water partition coefficient (Wildman–Crippen LogP) is 2.66. The van der Waals surface area contributed by atoms with Gasteiger partial charge in [-0.3, -0.25) is 4.68 Å². The van der Waals surface area contributed by atoms with E-state index in [1.54, 1.807) is 0 Å². The van der Waals surface area contributed by atoms with Crippen LogP contribution in [0, 0.1) is 0 Å².